The van der Waals surface area contributed by atoms with Crippen LogP contribution in [-0.4, -0.2) is 265 Å². The number of halogens is 2. The molecule has 4 N–H and O–H groups in total. The number of carbonyl (C=O) groups excluding carboxylic acids is 4. The molecule has 4 aromatic rings. The molecule has 0 unspecified atom stereocenters. The van der Waals surface area contributed by atoms with Crippen LogP contribution in [0.4, 0.5) is 5.69 Å². The third kappa shape index (κ3) is 25.1. The SMILES string of the molecule is CC.COc1cc2c(cc1-c1cccc(NC(=O)CCOCCOCCOCCOCCOCCOCCNC(=O)CN3CCN(CC=O)CCN(CC(=O)O)CCN(CC(=O)O)CC3)c1)-c1c(c(C(=O)N(C)C(C)(C)C)nn1-c1cc(Cl)cc(Cl)c1)CO2. The first-order chi connectivity index (χ1) is 42.8. The van der Waals surface area contributed by atoms with Crippen LogP contribution in [0.15, 0.2) is 54.6 Å². The molecule has 25 nitrogen and oxygen atoms in total. The smallest absolute Gasteiger partial charge is 0.317 e. The van der Waals surface area contributed by atoms with E-state index in [-0.39, 0.29) is 82.4 Å². The Morgan fingerprint density at radius 2 is 1.17 bits per heavy atom. The molecule has 492 valence electrons. The average Bonchev–Trinajstić information content (AvgIpc) is 1.68. The van der Waals surface area contributed by atoms with E-state index in [1.54, 1.807) is 63.9 Å². The van der Waals surface area contributed by atoms with Crippen LogP contribution < -0.4 is 20.1 Å². The van der Waals surface area contributed by atoms with Crippen molar-refractivity contribution in [3.05, 3.63) is 75.9 Å². The molecule has 0 saturated carbocycles. The van der Waals surface area contributed by atoms with E-state index in [2.05, 4.69) is 10.6 Å². The second-order valence-electron chi connectivity index (χ2n) is 21.6. The van der Waals surface area contributed by atoms with E-state index in [1.165, 1.54) is 0 Å². The van der Waals surface area contributed by atoms with E-state index >= 15 is 0 Å². The molecule has 3 aromatic carbocycles. The quantitative estimate of drug-likeness (QED) is 0.0335. The standard InChI is InChI=1S/C60H83Cl2N9O16.C2H6/c1-60(2,3)66(4)59(79)57-50-42-87-52-38-51(80-5)48(37-49(52)58(50)71(65-57)47-35-44(61)34-45(62)36-47)43-7-6-8-46(33-43)64-53(73)9-21-81-23-25-83-27-29-85-31-32-86-30-28-84-26-24-82-22-10-63-54(74)39-68-13-11-67(19-20-72)12-14-69(40-55(75)76)17-18-70(16-15-68)41-56(77)78;1-2/h6-8,20,33-38H,9-19,21-32,39-42H2,1-5H3,(H,63,74)(H,64,73)(H,75,76)(H,77,78);1-2H3. The molecule has 6 rings (SSSR count). The van der Waals surface area contributed by atoms with Crippen molar-refractivity contribution in [1.82, 2.24) is 39.6 Å². The van der Waals surface area contributed by atoms with Crippen molar-refractivity contribution in [3.8, 4) is 39.6 Å². The highest BCUT2D eigenvalue weighted by atomic mass is 35.5. The van der Waals surface area contributed by atoms with Crippen LogP contribution >= 0.6 is 23.2 Å². The summed E-state index contributed by atoms with van der Waals surface area (Å²) in [6.45, 7) is 17.3. The van der Waals surface area contributed by atoms with Crippen LogP contribution in [-0.2, 0) is 59.0 Å². The van der Waals surface area contributed by atoms with E-state index < -0.39 is 17.5 Å². The summed E-state index contributed by atoms with van der Waals surface area (Å²) in [4.78, 5) is 83.2. The number of rotatable bonds is 34. The van der Waals surface area contributed by atoms with Crippen LogP contribution in [0.3, 0.4) is 0 Å². The van der Waals surface area contributed by atoms with Gasteiger partial charge in [0.1, 0.15) is 24.4 Å². The van der Waals surface area contributed by atoms with Gasteiger partial charge in [-0.05, 0) is 62.7 Å². The van der Waals surface area contributed by atoms with Gasteiger partial charge in [0.2, 0.25) is 11.8 Å². The summed E-state index contributed by atoms with van der Waals surface area (Å²) >= 11 is 13.0. The van der Waals surface area contributed by atoms with Crippen LogP contribution in [0.2, 0.25) is 10.0 Å². The summed E-state index contributed by atoms with van der Waals surface area (Å²) in [5.74, 6) is -1.62. The molecule has 2 aliphatic heterocycles. The molecular weight excluding hydrogens is 1200 g/mol. The van der Waals surface area contributed by atoms with Crippen molar-refractivity contribution >= 4 is 64.8 Å². The number of benzene rings is 3. The molecule has 27 heteroatoms. The second-order valence-corrected chi connectivity index (χ2v) is 22.4. The van der Waals surface area contributed by atoms with Crippen molar-refractivity contribution in [2.24, 2.45) is 0 Å². The third-order valence-electron chi connectivity index (χ3n) is 14.2. The van der Waals surface area contributed by atoms with Gasteiger partial charge in [0.05, 0.1) is 130 Å². The maximum absolute atomic E-state index is 14.0. The highest BCUT2D eigenvalue weighted by Gasteiger charge is 2.35. The average molecular weight is 1290 g/mol. The minimum Gasteiger partial charge on any atom is -0.496 e. The number of aliphatic carboxylic acids is 2. The Balaban J connectivity index is 0.00000713. The van der Waals surface area contributed by atoms with Gasteiger partial charge >= 0.3 is 11.9 Å². The van der Waals surface area contributed by atoms with Crippen LogP contribution in [0.25, 0.3) is 28.1 Å². The normalized spacial score (nSPS) is 14.4. The summed E-state index contributed by atoms with van der Waals surface area (Å²) in [7, 11) is 3.32. The van der Waals surface area contributed by atoms with Gasteiger partial charge in [-0.3, -0.25) is 43.6 Å². The number of carbonyl (C=O) groups is 6. The number of nitrogens with one attached hydrogen (secondary N) is 2. The molecule has 0 spiro atoms. The number of ether oxygens (including phenoxy) is 8. The highest BCUT2D eigenvalue weighted by molar-refractivity contribution is 6.34. The molecule has 0 radical (unpaired) electrons. The fourth-order valence-electron chi connectivity index (χ4n) is 9.36. The highest BCUT2D eigenvalue weighted by Crippen LogP contribution is 2.47. The van der Waals surface area contributed by atoms with Gasteiger partial charge < -0.3 is 68.4 Å². The van der Waals surface area contributed by atoms with Gasteiger partial charge in [0.25, 0.3) is 5.91 Å². The lowest BCUT2D eigenvalue weighted by Crippen LogP contribution is -2.49. The van der Waals surface area contributed by atoms with Crippen molar-refractivity contribution < 1.29 is 76.9 Å². The Bertz CT molecular complexity index is 2870. The molecular formula is C62H89Cl2N9O16. The van der Waals surface area contributed by atoms with E-state index in [0.717, 1.165) is 11.8 Å². The Labute approximate surface area is 531 Å². The molecule has 1 saturated heterocycles. The van der Waals surface area contributed by atoms with Gasteiger partial charge in [0, 0.05) is 110 Å². The fourth-order valence-corrected chi connectivity index (χ4v) is 9.87. The molecule has 3 amide bonds. The number of anilines is 1. The van der Waals surface area contributed by atoms with E-state index in [4.69, 9.17) is 66.2 Å². The van der Waals surface area contributed by atoms with Crippen LogP contribution in [0, 0.1) is 0 Å². The number of carboxylic acid groups (broad SMARTS) is 2. The van der Waals surface area contributed by atoms with E-state index in [1.807, 2.05) is 68.7 Å². The zero-order valence-electron chi connectivity index (χ0n) is 52.4. The summed E-state index contributed by atoms with van der Waals surface area (Å²) in [5.41, 5.74) is 4.28. The number of amides is 3. The third-order valence-corrected chi connectivity index (χ3v) is 14.7. The largest absolute Gasteiger partial charge is 0.496 e. The van der Waals surface area contributed by atoms with Gasteiger partial charge in [0.15, 0.2) is 5.69 Å². The summed E-state index contributed by atoms with van der Waals surface area (Å²) in [5, 5.41) is 30.3. The first-order valence-corrected chi connectivity index (χ1v) is 30.7. The first kappa shape index (κ1) is 73.4. The van der Waals surface area contributed by atoms with Crippen molar-refractivity contribution in [2.45, 2.75) is 53.2 Å². The molecule has 0 aliphatic carbocycles. The van der Waals surface area contributed by atoms with Gasteiger partial charge in [-0.15, -0.1) is 0 Å². The van der Waals surface area contributed by atoms with E-state index in [0.29, 0.717) is 174 Å². The minimum absolute atomic E-state index is 0.0759. The predicted molar refractivity (Wildman–Crippen MR) is 337 cm³/mol. The maximum Gasteiger partial charge on any atom is 0.317 e. The van der Waals surface area contributed by atoms with Crippen LogP contribution in [0.1, 0.15) is 57.1 Å². The summed E-state index contributed by atoms with van der Waals surface area (Å²) in [6, 6.07) is 16.2. The molecule has 89 heavy (non-hydrogen) atoms. The van der Waals surface area contributed by atoms with Gasteiger partial charge in [-0.2, -0.15) is 5.10 Å². The predicted octanol–water partition coefficient (Wildman–Crippen LogP) is 5.44. The zero-order valence-corrected chi connectivity index (χ0v) is 53.9. The maximum atomic E-state index is 14.0. The molecule has 1 fully saturated rings. The number of hydrogen-bond donors (Lipinski definition) is 4. The lowest BCUT2D eigenvalue weighted by atomic mass is 9.95. The van der Waals surface area contributed by atoms with Crippen molar-refractivity contribution in [2.75, 3.05) is 184 Å². The van der Waals surface area contributed by atoms with Gasteiger partial charge in [-0.25, -0.2) is 4.68 Å². The van der Waals surface area contributed by atoms with Crippen molar-refractivity contribution in [3.63, 3.8) is 0 Å². The molecule has 2 aliphatic rings. The van der Waals surface area contributed by atoms with Crippen molar-refractivity contribution in [1.29, 1.82) is 0 Å². The number of nitrogens with zero attached hydrogens (tertiary/aromatic N) is 7. The van der Waals surface area contributed by atoms with Crippen LogP contribution in [0.5, 0.6) is 11.5 Å². The lowest BCUT2D eigenvalue weighted by Gasteiger charge is -2.32. The fraction of sp³-hybridized carbons (Fsp3) is 0.565. The minimum atomic E-state index is -0.995. The Kier molecular flexibility index (Phi) is 32.2. The number of carboxylic acids is 2. The Morgan fingerprint density at radius 3 is 1.67 bits per heavy atom. The number of hydrogen-bond acceptors (Lipinski definition) is 19. The molecule has 0 bridgehead atoms. The van der Waals surface area contributed by atoms with E-state index in [9.17, 15) is 39.0 Å². The lowest BCUT2D eigenvalue weighted by molar-refractivity contribution is -0.140. The number of aldehydes is 1. The number of fused-ring (bicyclic) bond motifs is 3. The topological polar surface area (TPSA) is 275 Å². The first-order valence-electron chi connectivity index (χ1n) is 29.9. The molecule has 1 aromatic heterocycles. The van der Waals surface area contributed by atoms with Gasteiger partial charge in [-0.1, -0.05) is 49.2 Å². The molecule has 3 heterocycles. The Morgan fingerprint density at radius 1 is 0.663 bits per heavy atom. The monoisotopic (exact) mass is 1290 g/mol. The number of aromatic nitrogens is 2. The molecule has 0 atom stereocenters. The second kappa shape index (κ2) is 39.0. The summed E-state index contributed by atoms with van der Waals surface area (Å²) in [6.07, 6.45) is 0.918. The Hall–Kier alpha value is -6.33. The summed E-state index contributed by atoms with van der Waals surface area (Å²) < 4.78 is 47.4. The zero-order chi connectivity index (χ0) is 64.7. The number of methoxy groups -OCH3 is 1.